The van der Waals surface area contributed by atoms with Crippen LogP contribution in [-0.4, -0.2) is 70.0 Å². The molecule has 0 saturated carbocycles. The van der Waals surface area contributed by atoms with Gasteiger partial charge >= 0.3 is 11.9 Å². The molecule has 0 heterocycles. The van der Waals surface area contributed by atoms with Crippen LogP contribution in [0.4, 0.5) is 0 Å². The lowest BCUT2D eigenvalue weighted by molar-refractivity contribution is -0.870. The van der Waals surface area contributed by atoms with Crippen LogP contribution in [0.2, 0.25) is 0 Å². The lowest BCUT2D eigenvalue weighted by atomic mass is 10.0. The van der Waals surface area contributed by atoms with E-state index in [1.807, 2.05) is 0 Å². The predicted molar refractivity (Wildman–Crippen MR) is 232 cm³/mol. The number of hydrogen-bond donors (Lipinski definition) is 0. The molecule has 334 valence electrons. The molecule has 0 spiro atoms. The van der Waals surface area contributed by atoms with Gasteiger partial charge in [-0.3, -0.25) is 14.2 Å². The van der Waals surface area contributed by atoms with E-state index in [0.717, 1.165) is 44.9 Å². The highest BCUT2D eigenvalue weighted by molar-refractivity contribution is 7.45. The number of nitrogens with zero attached hydrogens (tertiary/aromatic N) is 1. The van der Waals surface area contributed by atoms with Crippen molar-refractivity contribution in [3.8, 4) is 0 Å². The first-order chi connectivity index (χ1) is 41.7. The Morgan fingerprint density at radius 1 is 0.607 bits per heavy atom. The van der Waals surface area contributed by atoms with Gasteiger partial charge in [0.05, 0.1) is 27.7 Å². The number of carbonyl (C=O) groups is 2. The average molecular weight is 857 g/mol. The van der Waals surface area contributed by atoms with Gasteiger partial charge in [0.2, 0.25) is 0 Å². The lowest BCUT2D eigenvalue weighted by Crippen LogP contribution is -2.37. The molecule has 0 aliphatic heterocycles. The molecule has 0 bridgehead atoms. The molecule has 1 unspecified atom stereocenters. The second-order valence-electron chi connectivity index (χ2n) is 13.3. The van der Waals surface area contributed by atoms with Crippen molar-refractivity contribution < 1.29 is 95.5 Å². The second kappa shape index (κ2) is 39.5. The molecule has 0 aromatic carbocycles. The number of rotatable bonds is 44. The van der Waals surface area contributed by atoms with Crippen molar-refractivity contribution in [2.45, 2.75) is 237 Å². The standard InChI is InChI=1S/C46H92NO8P/c1-6-8-10-12-14-16-18-20-22-23-25-27-29-31-33-35-37-39-46(49)55-44(43-54-56(50,51)53-41-40-47(3,4)5)42-52-45(48)38-36-34-32-30-28-26-24-21-19-17-15-13-11-9-7-2/h44H,6-43H2,1-5H3/t44-/m1/s1/i1D3,6D2,8D2,10D2,12D2,14D2,16D2,18D2,20D2,22D2,23D2,25D2,27D2,29D2,31D2,33D2,35D2,37D2,39D2. The van der Waals surface area contributed by atoms with Crippen LogP contribution in [0.15, 0.2) is 0 Å². The largest absolute Gasteiger partial charge is 0.756 e. The maximum Gasteiger partial charge on any atom is 0.306 e. The van der Waals surface area contributed by atoms with Gasteiger partial charge in [0.15, 0.2) is 6.10 Å². The van der Waals surface area contributed by atoms with Crippen LogP contribution in [0.1, 0.15) is 285 Å². The van der Waals surface area contributed by atoms with E-state index >= 15 is 0 Å². The fourth-order valence-corrected chi connectivity index (χ4v) is 5.11. The third-order valence-corrected chi connectivity index (χ3v) is 8.25. The average Bonchev–Trinajstić information content (AvgIpc) is 0.683. The first-order valence-corrected chi connectivity index (χ1v) is 20.4. The number of phosphoric ester groups is 1. The minimum absolute atomic E-state index is 0.0616. The Bertz CT molecular complexity index is 2540. The van der Waals surface area contributed by atoms with Crippen LogP contribution >= 0.6 is 7.82 Å². The number of unbranched alkanes of at least 4 members (excludes halogenated alkanes) is 14. The van der Waals surface area contributed by atoms with E-state index in [1.165, 1.54) is 38.5 Å². The molecule has 0 aromatic heterocycles. The molecule has 0 fully saturated rings. The molecule has 0 aliphatic carbocycles. The van der Waals surface area contributed by atoms with Crippen LogP contribution in [0.25, 0.3) is 0 Å². The molecule has 0 aromatic rings. The van der Waals surface area contributed by atoms with Gasteiger partial charge in [0.25, 0.3) is 7.82 Å². The number of phosphoric acid groups is 1. The van der Waals surface area contributed by atoms with Crippen LogP contribution in [0.5, 0.6) is 0 Å². The van der Waals surface area contributed by atoms with E-state index in [-0.39, 0.29) is 23.9 Å². The van der Waals surface area contributed by atoms with Gasteiger partial charge in [-0.25, -0.2) is 0 Å². The minimum Gasteiger partial charge on any atom is -0.756 e. The van der Waals surface area contributed by atoms with E-state index in [1.54, 1.807) is 21.1 Å². The van der Waals surface area contributed by atoms with Gasteiger partial charge in [-0.05, 0) is 12.8 Å². The summed E-state index contributed by atoms with van der Waals surface area (Å²) in [6.45, 7) is -5.10. The Hall–Kier alpha value is -0.990. The molecular formula is C46H92NO8P. The third kappa shape index (κ3) is 42.6. The smallest absolute Gasteiger partial charge is 0.306 e. The van der Waals surface area contributed by atoms with E-state index < -0.39 is 167 Å². The number of esters is 2. The summed E-state index contributed by atoms with van der Waals surface area (Å²) in [5.41, 5.74) is 0. The Kier molecular flexibility index (Phi) is 13.1. The molecule has 0 radical (unpaired) electrons. The Balaban J connectivity index is 7.27. The topological polar surface area (TPSA) is 111 Å². The number of ether oxygens (including phenoxy) is 2. The summed E-state index contributed by atoms with van der Waals surface area (Å²) in [5.74, 6) is -3.61. The normalized spacial score (nSPS) is 28.6. The minimum atomic E-state index is -5.45. The monoisotopic (exact) mass is 857 g/mol. The summed E-state index contributed by atoms with van der Waals surface area (Å²) < 4.78 is 356. The van der Waals surface area contributed by atoms with Crippen molar-refractivity contribution in [2.75, 3.05) is 47.5 Å². The summed E-state index contributed by atoms with van der Waals surface area (Å²) in [4.78, 5) is 39.3. The molecule has 0 saturated heterocycles. The van der Waals surface area contributed by atoms with Gasteiger partial charge in [0.1, 0.15) is 19.8 Å². The molecule has 56 heavy (non-hydrogen) atoms. The van der Waals surface area contributed by atoms with Crippen LogP contribution < -0.4 is 4.89 Å². The van der Waals surface area contributed by atoms with Gasteiger partial charge in [-0.1, -0.05) is 206 Å². The number of quaternary nitrogens is 1. The zero-order valence-electron chi connectivity index (χ0n) is 72.4. The maximum absolute atomic E-state index is 13.7. The molecule has 0 amide bonds. The van der Waals surface area contributed by atoms with E-state index in [0.29, 0.717) is 6.42 Å². The van der Waals surface area contributed by atoms with Gasteiger partial charge in [-0.2, -0.15) is 0 Å². The molecule has 0 aliphatic rings. The van der Waals surface area contributed by atoms with Gasteiger partial charge in [0, 0.05) is 66.3 Å². The highest BCUT2D eigenvalue weighted by Crippen LogP contribution is 2.38. The Morgan fingerprint density at radius 3 is 1.48 bits per heavy atom. The first kappa shape index (κ1) is 18.5. The molecule has 0 rings (SSSR count). The number of carbonyl (C=O) groups excluding carboxylic acids is 2. The summed E-state index contributed by atoms with van der Waals surface area (Å²) >= 11 is 0. The SMILES string of the molecule is [2H]C([2H])([2H])C([2H])([2H])C([2H])([2H])C([2H])([2H])C([2H])([2H])C([2H])([2H])C([2H])([2H])C([2H])([2H])C([2H])([2H])C([2H])([2H])C([2H])([2H])C([2H])([2H])C([2H])([2H])C([2H])([2H])C([2H])([2H])C([2H])([2H])C([2H])([2H])C([2H])([2H])C([2H])([2H])C(=O)O[C@H](COC(=O)CCCCCCCCCCCCCCCCC)COP(=O)([O-])OCC[N+](C)(C)C. The fraction of sp³-hybridized carbons (Fsp3) is 0.957. The van der Waals surface area contributed by atoms with Crippen LogP contribution in [0.3, 0.4) is 0 Å². The van der Waals surface area contributed by atoms with E-state index in [2.05, 4.69) is 6.92 Å². The molecule has 10 heteroatoms. The Morgan fingerprint density at radius 2 is 1.04 bits per heavy atom. The number of likely N-dealkylation sites (N-methyl/N-ethyl adjacent to an activating group) is 1. The zero-order valence-corrected chi connectivity index (χ0v) is 34.3. The quantitative estimate of drug-likeness (QED) is 0.0258. The lowest BCUT2D eigenvalue weighted by Gasteiger charge is -2.28. The maximum atomic E-state index is 13.7. The van der Waals surface area contributed by atoms with Crippen molar-refractivity contribution in [2.24, 2.45) is 0 Å². The molecule has 2 atom stereocenters. The van der Waals surface area contributed by atoms with Gasteiger partial charge < -0.3 is 27.9 Å². The Labute approximate surface area is 401 Å². The molecule has 9 nitrogen and oxygen atoms in total. The summed E-state index contributed by atoms with van der Waals surface area (Å²) in [6.07, 6.45) is -81.0. The van der Waals surface area contributed by atoms with Gasteiger partial charge in [-0.15, -0.1) is 0 Å². The summed E-state index contributed by atoms with van der Waals surface area (Å²) in [5, 5.41) is 0. The first-order valence-electron chi connectivity index (χ1n) is 38.4. The van der Waals surface area contributed by atoms with E-state index in [9.17, 15) is 19.0 Å². The predicted octanol–water partition coefficient (Wildman–Crippen LogP) is 13.0. The van der Waals surface area contributed by atoms with Crippen molar-refractivity contribution in [1.82, 2.24) is 0 Å². The van der Waals surface area contributed by atoms with E-state index in [4.69, 9.17) is 72.0 Å². The fourth-order valence-electron chi connectivity index (χ4n) is 4.38. The molecule has 0 N–H and O–H groups in total. The highest BCUT2D eigenvalue weighted by atomic mass is 31.2. The molecular weight excluding hydrogens is 725 g/mol. The summed E-state index contributed by atoms with van der Waals surface area (Å²) in [6, 6.07) is 0. The van der Waals surface area contributed by atoms with Crippen LogP contribution in [-0.2, 0) is 32.7 Å². The van der Waals surface area contributed by atoms with Crippen molar-refractivity contribution in [3.63, 3.8) is 0 Å². The van der Waals surface area contributed by atoms with Crippen molar-refractivity contribution >= 4 is 19.8 Å². The highest BCUT2D eigenvalue weighted by Gasteiger charge is 2.21. The number of hydrogen-bond acceptors (Lipinski definition) is 8. The zero-order chi connectivity index (χ0) is 76.2. The van der Waals surface area contributed by atoms with Crippen molar-refractivity contribution in [3.05, 3.63) is 0 Å². The van der Waals surface area contributed by atoms with Crippen LogP contribution in [0, 0.1) is 0 Å². The third-order valence-electron chi connectivity index (χ3n) is 7.28. The second-order valence-corrected chi connectivity index (χ2v) is 14.7. The van der Waals surface area contributed by atoms with Crippen molar-refractivity contribution in [1.29, 1.82) is 0 Å². The summed E-state index contributed by atoms with van der Waals surface area (Å²) in [7, 11) is -0.428.